The zero-order valence-corrected chi connectivity index (χ0v) is 16.1. The van der Waals surface area contributed by atoms with Crippen LogP contribution in [0.25, 0.3) is 0 Å². The molecule has 1 fully saturated rings. The number of carboxylic acids is 1. The summed E-state index contributed by atoms with van der Waals surface area (Å²) < 4.78 is 5.73. The number of carbonyl (C=O) groups is 2. The van der Waals surface area contributed by atoms with Crippen molar-refractivity contribution in [3.05, 3.63) is 66.2 Å². The minimum Gasteiger partial charge on any atom is -0.481 e. The summed E-state index contributed by atoms with van der Waals surface area (Å²) in [6, 6.07) is 14.6. The van der Waals surface area contributed by atoms with Crippen molar-refractivity contribution in [1.82, 2.24) is 0 Å². The number of benzene rings is 2. The predicted octanol–water partition coefficient (Wildman–Crippen LogP) is 4.39. The van der Waals surface area contributed by atoms with Gasteiger partial charge in [-0.1, -0.05) is 29.8 Å². The van der Waals surface area contributed by atoms with Gasteiger partial charge in [-0.15, -0.1) is 0 Å². The van der Waals surface area contributed by atoms with Crippen LogP contribution < -0.4 is 5.32 Å². The van der Waals surface area contributed by atoms with E-state index in [-0.39, 0.29) is 5.91 Å². The highest BCUT2D eigenvalue weighted by Crippen LogP contribution is 2.47. The number of hydrogen-bond donors (Lipinski definition) is 2. The lowest BCUT2D eigenvalue weighted by Gasteiger charge is -2.27. The Morgan fingerprint density at radius 2 is 1.62 bits per heavy atom. The zero-order chi connectivity index (χ0) is 20.6. The van der Waals surface area contributed by atoms with Crippen molar-refractivity contribution in [2.75, 3.05) is 5.32 Å². The highest BCUT2D eigenvalue weighted by Gasteiger charge is 2.59. The average molecular weight is 391 g/mol. The van der Waals surface area contributed by atoms with Crippen LogP contribution in [0, 0.1) is 18.8 Å². The maximum atomic E-state index is 12.8. The van der Waals surface area contributed by atoms with Crippen LogP contribution in [0.4, 0.5) is 17.1 Å². The summed E-state index contributed by atoms with van der Waals surface area (Å²) >= 11 is 0. The lowest BCUT2D eigenvalue weighted by atomic mass is 9.75. The Balaban J connectivity index is 1.45. The SMILES string of the molecule is Cc1ccc(N=Nc2ccc(NC(=O)[C@@H]3[C@H](C(=O)O)[C@H]4C=C[C@@]3(C)O4)cc2)cc1. The lowest BCUT2D eigenvalue weighted by Crippen LogP contribution is -2.44. The van der Waals surface area contributed by atoms with Crippen LogP contribution in [0.2, 0.25) is 0 Å². The van der Waals surface area contributed by atoms with Crippen molar-refractivity contribution in [2.45, 2.75) is 25.6 Å². The summed E-state index contributed by atoms with van der Waals surface area (Å²) in [7, 11) is 0. The van der Waals surface area contributed by atoms with Crippen molar-refractivity contribution in [3.63, 3.8) is 0 Å². The van der Waals surface area contributed by atoms with E-state index in [1.54, 1.807) is 43.3 Å². The summed E-state index contributed by atoms with van der Waals surface area (Å²) in [5.41, 5.74) is 2.21. The number of ether oxygens (including phenoxy) is 1. The van der Waals surface area contributed by atoms with Crippen LogP contribution in [0.15, 0.2) is 70.9 Å². The predicted molar refractivity (Wildman–Crippen MR) is 107 cm³/mol. The third-order valence-electron chi connectivity index (χ3n) is 5.35. The molecule has 29 heavy (non-hydrogen) atoms. The topological polar surface area (TPSA) is 100 Å². The van der Waals surface area contributed by atoms with E-state index >= 15 is 0 Å². The van der Waals surface area contributed by atoms with Gasteiger partial charge in [-0.05, 0) is 50.2 Å². The van der Waals surface area contributed by atoms with Crippen molar-refractivity contribution in [2.24, 2.45) is 22.1 Å². The molecule has 7 nitrogen and oxygen atoms in total. The number of nitrogens with zero attached hydrogens (tertiary/aromatic N) is 2. The van der Waals surface area contributed by atoms with Crippen LogP contribution in [0.5, 0.6) is 0 Å². The first-order chi connectivity index (χ1) is 13.9. The molecule has 2 aromatic carbocycles. The first kappa shape index (κ1) is 19.0. The Morgan fingerprint density at radius 3 is 2.21 bits per heavy atom. The standard InChI is InChI=1S/C22H21N3O4/c1-13-3-5-15(6-4-13)24-25-16-9-7-14(8-10-16)23-20(26)19-18(21(27)28)17-11-12-22(19,2)29-17/h3-12,17-19H,1-2H3,(H,23,26)(H,27,28)/t17-,18-,19+,22-/m1/s1. The number of aryl methyl sites for hydroxylation is 1. The van der Waals surface area contributed by atoms with Crippen LogP contribution in [0.1, 0.15) is 12.5 Å². The number of hydrogen-bond acceptors (Lipinski definition) is 5. The molecule has 0 aliphatic carbocycles. The number of carboxylic acid groups (broad SMARTS) is 1. The fraction of sp³-hybridized carbons (Fsp3) is 0.273. The van der Waals surface area contributed by atoms with E-state index in [9.17, 15) is 14.7 Å². The van der Waals surface area contributed by atoms with E-state index in [4.69, 9.17) is 4.74 Å². The molecule has 2 aromatic rings. The monoisotopic (exact) mass is 391 g/mol. The number of aliphatic carboxylic acids is 1. The van der Waals surface area contributed by atoms with Gasteiger partial charge in [0.15, 0.2) is 0 Å². The Labute approximate surface area is 168 Å². The first-order valence-corrected chi connectivity index (χ1v) is 9.35. The van der Waals surface area contributed by atoms with Crippen LogP contribution >= 0.6 is 0 Å². The molecule has 2 bridgehead atoms. The number of rotatable bonds is 5. The Bertz CT molecular complexity index is 998. The van der Waals surface area contributed by atoms with Gasteiger partial charge in [-0.25, -0.2) is 0 Å². The average Bonchev–Trinajstić information content (AvgIpc) is 3.22. The van der Waals surface area contributed by atoms with E-state index in [1.165, 1.54) is 0 Å². The van der Waals surface area contributed by atoms with E-state index < -0.39 is 29.5 Å². The second kappa shape index (κ2) is 7.25. The van der Waals surface area contributed by atoms with Gasteiger partial charge >= 0.3 is 5.97 Å². The number of anilines is 1. The van der Waals surface area contributed by atoms with Crippen molar-refractivity contribution in [1.29, 1.82) is 0 Å². The van der Waals surface area contributed by atoms with Gasteiger partial charge in [-0.2, -0.15) is 10.2 Å². The third kappa shape index (κ3) is 3.69. The second-order valence-electron chi connectivity index (χ2n) is 7.54. The maximum absolute atomic E-state index is 12.8. The third-order valence-corrected chi connectivity index (χ3v) is 5.35. The molecular formula is C22H21N3O4. The minimum atomic E-state index is -1.03. The van der Waals surface area contributed by atoms with E-state index in [0.717, 1.165) is 11.3 Å². The van der Waals surface area contributed by atoms with Gasteiger partial charge in [0.05, 0.1) is 29.0 Å². The van der Waals surface area contributed by atoms with Gasteiger partial charge in [0.2, 0.25) is 5.91 Å². The van der Waals surface area contributed by atoms with Crippen molar-refractivity contribution >= 4 is 28.9 Å². The molecule has 0 unspecified atom stereocenters. The highest BCUT2D eigenvalue weighted by molar-refractivity contribution is 5.97. The molecule has 0 aromatic heterocycles. The molecule has 148 valence electrons. The molecule has 1 amide bonds. The number of nitrogens with one attached hydrogen (secondary N) is 1. The largest absolute Gasteiger partial charge is 0.481 e. The summed E-state index contributed by atoms with van der Waals surface area (Å²) in [6.07, 6.45) is 2.92. The summed E-state index contributed by atoms with van der Waals surface area (Å²) in [6.45, 7) is 3.75. The van der Waals surface area contributed by atoms with E-state index in [1.807, 2.05) is 31.2 Å². The molecule has 7 heteroatoms. The first-order valence-electron chi connectivity index (χ1n) is 9.35. The van der Waals surface area contributed by atoms with Gasteiger partial charge in [0, 0.05) is 5.69 Å². The fourth-order valence-electron chi connectivity index (χ4n) is 3.84. The zero-order valence-electron chi connectivity index (χ0n) is 16.1. The second-order valence-corrected chi connectivity index (χ2v) is 7.54. The molecule has 2 N–H and O–H groups in total. The van der Waals surface area contributed by atoms with Crippen molar-refractivity contribution in [3.8, 4) is 0 Å². The van der Waals surface area contributed by atoms with Gasteiger partial charge in [-0.3, -0.25) is 9.59 Å². The maximum Gasteiger partial charge on any atom is 0.310 e. The minimum absolute atomic E-state index is 0.374. The van der Waals surface area contributed by atoms with Gasteiger partial charge in [0.1, 0.15) is 5.92 Å². The molecule has 4 atom stereocenters. The molecule has 2 aliphatic heterocycles. The van der Waals surface area contributed by atoms with E-state index in [2.05, 4.69) is 15.5 Å². The number of carbonyl (C=O) groups excluding carboxylic acids is 1. The number of fused-ring (bicyclic) bond motifs is 2. The molecule has 4 rings (SSSR count). The molecule has 0 radical (unpaired) electrons. The van der Waals surface area contributed by atoms with Gasteiger partial charge < -0.3 is 15.2 Å². The normalized spacial score (nSPS) is 27.4. The Hall–Kier alpha value is -3.32. The summed E-state index contributed by atoms with van der Waals surface area (Å²) in [4.78, 5) is 24.5. The fourth-order valence-corrected chi connectivity index (χ4v) is 3.84. The summed E-state index contributed by atoms with van der Waals surface area (Å²) in [5, 5.41) is 20.7. The molecule has 0 saturated carbocycles. The van der Waals surface area contributed by atoms with Gasteiger partial charge in [0.25, 0.3) is 0 Å². The molecule has 0 spiro atoms. The highest BCUT2D eigenvalue weighted by atomic mass is 16.5. The molecular weight excluding hydrogens is 370 g/mol. The number of azo groups is 1. The number of amides is 1. The summed E-state index contributed by atoms with van der Waals surface area (Å²) in [5.74, 6) is -3.10. The quantitative estimate of drug-likeness (QED) is 0.583. The van der Waals surface area contributed by atoms with Crippen LogP contribution in [0.3, 0.4) is 0 Å². The van der Waals surface area contributed by atoms with Crippen LogP contribution in [-0.2, 0) is 14.3 Å². The molecule has 2 heterocycles. The Kier molecular flexibility index (Phi) is 4.76. The Morgan fingerprint density at radius 1 is 1.03 bits per heavy atom. The smallest absolute Gasteiger partial charge is 0.310 e. The lowest BCUT2D eigenvalue weighted by molar-refractivity contribution is -0.146. The van der Waals surface area contributed by atoms with E-state index in [0.29, 0.717) is 11.4 Å². The van der Waals surface area contributed by atoms with Crippen molar-refractivity contribution < 1.29 is 19.4 Å². The molecule has 2 aliphatic rings. The molecule has 1 saturated heterocycles. The van der Waals surface area contributed by atoms with Crippen LogP contribution in [-0.4, -0.2) is 28.7 Å².